The normalized spacial score (nSPS) is 15.6. The number of anilines is 1. The van der Waals surface area contributed by atoms with Crippen molar-refractivity contribution >= 4 is 5.82 Å². The van der Waals surface area contributed by atoms with E-state index in [1.807, 2.05) is 0 Å². The lowest BCUT2D eigenvalue weighted by Gasteiger charge is -2.27. The number of hydrogen-bond donors (Lipinski definition) is 2. The van der Waals surface area contributed by atoms with Crippen LogP contribution in [0.2, 0.25) is 0 Å². The minimum Gasteiger partial charge on any atom is -0.488 e. The van der Waals surface area contributed by atoms with Crippen LogP contribution in [-0.2, 0) is 0 Å². The van der Waals surface area contributed by atoms with Crippen molar-refractivity contribution in [1.82, 2.24) is 15.3 Å². The van der Waals surface area contributed by atoms with Gasteiger partial charge >= 0.3 is 0 Å². The molecule has 2 N–H and O–H groups in total. The summed E-state index contributed by atoms with van der Waals surface area (Å²) in [6, 6.07) is 3.42. The number of nitrogens with zero attached hydrogens (tertiary/aromatic N) is 2. The van der Waals surface area contributed by atoms with Gasteiger partial charge in [-0.15, -0.1) is 0 Å². The largest absolute Gasteiger partial charge is 0.488 e. The number of aryl methyl sites for hydroxylation is 1. The third-order valence-corrected chi connectivity index (χ3v) is 4.33. The Labute approximate surface area is 150 Å². The zero-order chi connectivity index (χ0) is 18.7. The van der Waals surface area contributed by atoms with Gasteiger partial charge in [-0.2, -0.15) is 0 Å². The van der Waals surface area contributed by atoms with E-state index in [1.54, 1.807) is 20.0 Å². The van der Waals surface area contributed by atoms with Crippen molar-refractivity contribution in [3.8, 4) is 5.75 Å². The van der Waals surface area contributed by atoms with Gasteiger partial charge in [-0.25, -0.2) is 23.1 Å². The molecule has 1 aliphatic heterocycles. The van der Waals surface area contributed by atoms with Gasteiger partial charge < -0.3 is 15.4 Å². The predicted octanol–water partition coefficient (Wildman–Crippen LogP) is 3.63. The van der Waals surface area contributed by atoms with Crippen molar-refractivity contribution in [2.75, 3.05) is 25.0 Å². The maximum absolute atomic E-state index is 14.4. The van der Waals surface area contributed by atoms with E-state index in [4.69, 9.17) is 4.74 Å². The molecule has 1 aliphatic rings. The summed E-state index contributed by atoms with van der Waals surface area (Å²) in [7, 11) is 0. The van der Waals surface area contributed by atoms with Crippen LogP contribution in [0.3, 0.4) is 0 Å². The molecular weight excluding hydrogens is 345 g/mol. The lowest BCUT2D eigenvalue weighted by Crippen LogP contribution is -2.45. The fourth-order valence-corrected chi connectivity index (χ4v) is 2.70. The predicted molar refractivity (Wildman–Crippen MR) is 92.0 cm³/mol. The fraction of sp³-hybridized carbons (Fsp3) is 0.444. The Morgan fingerprint density at radius 1 is 1.31 bits per heavy atom. The van der Waals surface area contributed by atoms with E-state index >= 15 is 0 Å². The second-order valence-electron chi connectivity index (χ2n) is 6.38. The highest BCUT2D eigenvalue weighted by atomic mass is 19.3. The molecule has 5 nitrogen and oxygen atoms in total. The molecule has 1 aromatic carbocycles. The number of ether oxygens (including phenoxy) is 1. The maximum atomic E-state index is 14.4. The van der Waals surface area contributed by atoms with Crippen LogP contribution < -0.4 is 15.4 Å². The summed E-state index contributed by atoms with van der Waals surface area (Å²) in [6.07, 6.45) is -1.30. The van der Waals surface area contributed by atoms with Crippen LogP contribution in [0.5, 0.6) is 5.75 Å². The molecule has 1 fully saturated rings. The molecule has 1 aromatic heterocycles. The van der Waals surface area contributed by atoms with Crippen LogP contribution in [0.1, 0.15) is 36.3 Å². The Bertz CT molecular complexity index is 768. The first kappa shape index (κ1) is 18.4. The van der Waals surface area contributed by atoms with Gasteiger partial charge in [0.2, 0.25) is 0 Å². The van der Waals surface area contributed by atoms with E-state index in [0.717, 1.165) is 19.2 Å². The molecule has 0 spiro atoms. The first-order chi connectivity index (χ1) is 12.5. The van der Waals surface area contributed by atoms with E-state index < -0.39 is 23.8 Å². The van der Waals surface area contributed by atoms with Crippen molar-refractivity contribution < 1.29 is 17.9 Å². The van der Waals surface area contributed by atoms with Gasteiger partial charge in [0.1, 0.15) is 11.6 Å². The summed E-state index contributed by atoms with van der Waals surface area (Å²) >= 11 is 0. The molecule has 3 rings (SSSR count). The average Bonchev–Trinajstić information content (AvgIpc) is 2.55. The minimum atomic E-state index is -2.86. The van der Waals surface area contributed by atoms with Gasteiger partial charge in [-0.3, -0.25) is 0 Å². The molecule has 26 heavy (non-hydrogen) atoms. The van der Waals surface area contributed by atoms with Crippen LogP contribution >= 0.6 is 0 Å². The summed E-state index contributed by atoms with van der Waals surface area (Å²) < 4.78 is 46.0. The number of benzene rings is 1. The molecule has 0 saturated carbocycles. The summed E-state index contributed by atoms with van der Waals surface area (Å²) in [5, 5.41) is 6.22. The van der Waals surface area contributed by atoms with E-state index in [-0.39, 0.29) is 5.56 Å². The summed E-state index contributed by atoms with van der Waals surface area (Å²) in [4.78, 5) is 8.45. The highest BCUT2D eigenvalue weighted by Gasteiger charge is 2.22. The van der Waals surface area contributed by atoms with Gasteiger partial charge in [0.05, 0.1) is 24.4 Å². The van der Waals surface area contributed by atoms with Gasteiger partial charge in [0.15, 0.2) is 11.6 Å². The molecule has 0 aliphatic carbocycles. The molecule has 140 valence electrons. The quantitative estimate of drug-likeness (QED) is 0.784. The van der Waals surface area contributed by atoms with E-state index in [0.29, 0.717) is 29.9 Å². The van der Waals surface area contributed by atoms with E-state index in [9.17, 15) is 13.2 Å². The van der Waals surface area contributed by atoms with Crippen LogP contribution in [0.25, 0.3) is 0 Å². The number of rotatable bonds is 7. The van der Waals surface area contributed by atoms with Crippen LogP contribution in [0, 0.1) is 18.7 Å². The summed E-state index contributed by atoms with van der Waals surface area (Å²) in [5.41, 5.74) is -0.461. The monoisotopic (exact) mass is 366 g/mol. The minimum absolute atomic E-state index is 0.146. The van der Waals surface area contributed by atoms with Crippen LogP contribution in [-0.4, -0.2) is 29.7 Å². The molecule has 0 bridgehead atoms. The Kier molecular flexibility index (Phi) is 5.61. The number of nitrogens with one attached hydrogen (secondary N) is 2. The van der Waals surface area contributed by atoms with Crippen molar-refractivity contribution in [3.63, 3.8) is 0 Å². The molecule has 0 amide bonds. The molecule has 2 heterocycles. The van der Waals surface area contributed by atoms with Crippen molar-refractivity contribution in [2.45, 2.75) is 26.3 Å². The fourth-order valence-electron chi connectivity index (χ4n) is 2.70. The Balaban J connectivity index is 1.79. The van der Waals surface area contributed by atoms with Crippen LogP contribution in [0.15, 0.2) is 24.4 Å². The smallest absolute Gasteiger partial charge is 0.266 e. The van der Waals surface area contributed by atoms with Gasteiger partial charge in [0, 0.05) is 24.6 Å². The van der Waals surface area contributed by atoms with Crippen LogP contribution in [0.4, 0.5) is 19.0 Å². The molecule has 8 heteroatoms. The number of aromatic nitrogens is 2. The third kappa shape index (κ3) is 4.07. The highest BCUT2D eigenvalue weighted by Crippen LogP contribution is 2.31. The number of hydrogen-bond acceptors (Lipinski definition) is 5. The lowest BCUT2D eigenvalue weighted by molar-refractivity contribution is 0.146. The van der Waals surface area contributed by atoms with E-state index in [1.165, 1.54) is 12.1 Å². The second-order valence-corrected chi connectivity index (χ2v) is 6.38. The Morgan fingerprint density at radius 2 is 2.04 bits per heavy atom. The first-order valence-corrected chi connectivity index (χ1v) is 8.46. The lowest BCUT2D eigenvalue weighted by atomic mass is 10.0. The van der Waals surface area contributed by atoms with Crippen molar-refractivity contribution in [2.24, 2.45) is 5.92 Å². The standard InChI is InChI=1S/C18H21F3N4O/c1-10(13-4-3-5-14(16(13)19)17(20)21)24-18-15(8-23-11(2)25-18)26-9-12-6-22-7-12/h3-5,8,10,12,17,22H,6-7,9H2,1-2H3,(H,23,24,25)/t10-/m1/s1. The third-order valence-electron chi connectivity index (χ3n) is 4.33. The zero-order valence-electron chi connectivity index (χ0n) is 14.6. The summed E-state index contributed by atoms with van der Waals surface area (Å²) in [6.45, 7) is 5.74. The van der Waals surface area contributed by atoms with Gasteiger partial charge in [-0.05, 0) is 13.8 Å². The number of halogens is 3. The molecule has 1 saturated heterocycles. The van der Waals surface area contributed by atoms with Crippen molar-refractivity contribution in [3.05, 3.63) is 47.2 Å². The van der Waals surface area contributed by atoms with Crippen molar-refractivity contribution in [1.29, 1.82) is 0 Å². The molecular formula is C18H21F3N4O. The molecule has 0 unspecified atom stereocenters. The molecule has 0 radical (unpaired) electrons. The zero-order valence-corrected chi connectivity index (χ0v) is 14.6. The SMILES string of the molecule is Cc1ncc(OCC2CNC2)c(N[C@H](C)c2cccc(C(F)F)c2F)n1. The van der Waals surface area contributed by atoms with Gasteiger partial charge in [0.25, 0.3) is 6.43 Å². The molecule has 1 atom stereocenters. The second kappa shape index (κ2) is 7.90. The highest BCUT2D eigenvalue weighted by molar-refractivity contribution is 5.50. The van der Waals surface area contributed by atoms with E-state index in [2.05, 4.69) is 20.6 Å². The molecule has 2 aromatic rings. The topological polar surface area (TPSA) is 59.1 Å². The Morgan fingerprint density at radius 3 is 2.69 bits per heavy atom. The average molecular weight is 366 g/mol. The summed E-state index contributed by atoms with van der Waals surface area (Å²) in [5.74, 6) is 0.927. The first-order valence-electron chi connectivity index (χ1n) is 8.46. The maximum Gasteiger partial charge on any atom is 0.266 e. The Hall–Kier alpha value is -2.35. The number of alkyl halides is 2. The van der Waals surface area contributed by atoms with Gasteiger partial charge in [-0.1, -0.05) is 18.2 Å².